The van der Waals surface area contributed by atoms with Crippen LogP contribution in [0.4, 0.5) is 4.79 Å². The van der Waals surface area contributed by atoms with E-state index in [1.807, 2.05) is 30.3 Å². The molecule has 1 N–H and O–H groups in total. The van der Waals surface area contributed by atoms with Crippen molar-refractivity contribution in [3.8, 4) is 0 Å². The average molecular weight is 523 g/mol. The molecule has 1 aromatic carbocycles. The fourth-order valence-electron chi connectivity index (χ4n) is 6.43. The molecule has 0 bridgehead atoms. The molecule has 1 aliphatic heterocycles. The number of cyclic esters (lactones) is 1. The molecule has 3 fully saturated rings. The normalized spacial score (nSPS) is 24.3. The van der Waals surface area contributed by atoms with Gasteiger partial charge in [-0.15, -0.1) is 0 Å². The van der Waals surface area contributed by atoms with Gasteiger partial charge < -0.3 is 14.4 Å². The van der Waals surface area contributed by atoms with Gasteiger partial charge >= 0.3 is 6.09 Å². The van der Waals surface area contributed by atoms with E-state index in [1.165, 1.54) is 16.9 Å². The molecule has 2 unspecified atom stereocenters. The van der Waals surface area contributed by atoms with Crippen molar-refractivity contribution in [3.63, 3.8) is 0 Å². The van der Waals surface area contributed by atoms with Crippen molar-refractivity contribution >= 4 is 12.0 Å². The second kappa shape index (κ2) is 11.2. The van der Waals surface area contributed by atoms with Gasteiger partial charge in [-0.2, -0.15) is 0 Å². The minimum Gasteiger partial charge on any atom is -0.447 e. The number of imide groups is 1. The highest BCUT2D eigenvalue weighted by Crippen LogP contribution is 2.52. The first-order chi connectivity index (χ1) is 18.2. The Kier molecular flexibility index (Phi) is 7.94. The number of aromatic nitrogens is 1. The summed E-state index contributed by atoms with van der Waals surface area (Å²) in [7, 11) is 0. The lowest BCUT2D eigenvalue weighted by Gasteiger charge is -2.38. The van der Waals surface area contributed by atoms with Crippen molar-refractivity contribution in [2.75, 3.05) is 13.2 Å². The second-order valence-corrected chi connectivity index (χ2v) is 12.9. The maximum Gasteiger partial charge on any atom is 0.416 e. The third-order valence-corrected chi connectivity index (χ3v) is 8.34. The Morgan fingerprint density at radius 1 is 1.16 bits per heavy atom. The van der Waals surface area contributed by atoms with Gasteiger partial charge in [0.1, 0.15) is 12.4 Å². The Balaban J connectivity index is 1.32. The zero-order chi connectivity index (χ0) is 26.9. The van der Waals surface area contributed by atoms with Crippen LogP contribution in [-0.2, 0) is 22.4 Å². The fourth-order valence-corrected chi connectivity index (χ4v) is 6.43. The zero-order valence-electron chi connectivity index (χ0n) is 23.0. The summed E-state index contributed by atoms with van der Waals surface area (Å²) in [5.41, 5.74) is 3.47. The Hall–Kier alpha value is -2.67. The van der Waals surface area contributed by atoms with Gasteiger partial charge in [0.15, 0.2) is 0 Å². The number of nitrogens with zero attached hydrogens (tertiary/aromatic N) is 2. The van der Waals surface area contributed by atoms with Crippen LogP contribution >= 0.6 is 0 Å². The molecule has 2 amide bonds. The summed E-state index contributed by atoms with van der Waals surface area (Å²) in [5, 5.41) is 14.1. The van der Waals surface area contributed by atoms with Crippen LogP contribution in [0.5, 0.6) is 0 Å². The number of benzene rings is 1. The molecule has 7 nitrogen and oxygen atoms in total. The molecule has 0 spiro atoms. The number of amides is 2. The van der Waals surface area contributed by atoms with Gasteiger partial charge in [-0.25, -0.2) is 9.69 Å². The van der Waals surface area contributed by atoms with E-state index in [0.717, 1.165) is 48.6 Å². The third kappa shape index (κ3) is 6.14. The molecular formula is C31H42N2O5. The van der Waals surface area contributed by atoms with E-state index in [2.05, 4.69) is 25.9 Å². The number of aliphatic hydroxyl groups is 1. The lowest BCUT2D eigenvalue weighted by atomic mass is 9.67. The highest BCUT2D eigenvalue weighted by atomic mass is 16.6. The molecule has 0 radical (unpaired) electrons. The van der Waals surface area contributed by atoms with E-state index in [9.17, 15) is 14.7 Å². The Bertz CT molecular complexity index is 1110. The summed E-state index contributed by atoms with van der Waals surface area (Å²) in [6, 6.07) is 9.53. The predicted molar refractivity (Wildman–Crippen MR) is 144 cm³/mol. The number of carbonyl (C=O) groups is 2. The third-order valence-electron chi connectivity index (χ3n) is 8.34. The zero-order valence-corrected chi connectivity index (χ0v) is 23.0. The van der Waals surface area contributed by atoms with Crippen molar-refractivity contribution in [1.82, 2.24) is 10.1 Å². The van der Waals surface area contributed by atoms with Gasteiger partial charge in [0.05, 0.1) is 11.7 Å². The van der Waals surface area contributed by atoms with Crippen LogP contribution in [0.1, 0.15) is 100 Å². The minimum atomic E-state index is -0.576. The molecule has 7 heteroatoms. The summed E-state index contributed by atoms with van der Waals surface area (Å²) >= 11 is 0. The maximum absolute atomic E-state index is 13.8. The lowest BCUT2D eigenvalue weighted by Crippen LogP contribution is -2.44. The van der Waals surface area contributed by atoms with Crippen LogP contribution in [0.25, 0.3) is 0 Å². The SMILES string of the molecule is CC(C)(C)CC1CC(c2onc(CC(CCCO)C(=O)N3C(=O)OCC3Cc3ccccc3)c2C2CC2)C1. The lowest BCUT2D eigenvalue weighted by molar-refractivity contribution is -0.133. The average Bonchev–Trinajstić information content (AvgIpc) is 3.51. The molecule has 2 heterocycles. The van der Waals surface area contributed by atoms with Crippen LogP contribution in [-0.4, -0.2) is 46.4 Å². The summed E-state index contributed by atoms with van der Waals surface area (Å²) < 4.78 is 11.3. The number of ether oxygens (including phenoxy) is 1. The van der Waals surface area contributed by atoms with Gasteiger partial charge in [-0.3, -0.25) is 4.79 Å². The first-order valence-corrected chi connectivity index (χ1v) is 14.4. The topological polar surface area (TPSA) is 92.9 Å². The quantitative estimate of drug-likeness (QED) is 0.389. The Labute approximate surface area is 225 Å². The molecule has 1 saturated heterocycles. The summed E-state index contributed by atoms with van der Waals surface area (Å²) in [5.74, 6) is 1.93. The molecular weight excluding hydrogens is 480 g/mol. The van der Waals surface area contributed by atoms with E-state index >= 15 is 0 Å². The number of hydrogen-bond donors (Lipinski definition) is 1. The molecule has 3 aliphatic rings. The summed E-state index contributed by atoms with van der Waals surface area (Å²) in [6.07, 6.45) is 7.14. The first-order valence-electron chi connectivity index (χ1n) is 14.4. The van der Waals surface area contributed by atoms with Gasteiger partial charge in [0, 0.05) is 30.4 Å². The van der Waals surface area contributed by atoms with E-state index in [4.69, 9.17) is 9.26 Å². The van der Waals surface area contributed by atoms with Crippen molar-refractivity contribution in [2.45, 2.75) is 96.4 Å². The molecule has 2 atom stereocenters. The van der Waals surface area contributed by atoms with Gasteiger partial charge in [-0.1, -0.05) is 56.3 Å². The van der Waals surface area contributed by atoms with Gasteiger partial charge in [0.2, 0.25) is 5.91 Å². The molecule has 38 heavy (non-hydrogen) atoms. The monoisotopic (exact) mass is 522 g/mol. The van der Waals surface area contributed by atoms with E-state index in [0.29, 0.717) is 42.9 Å². The maximum atomic E-state index is 13.8. The Morgan fingerprint density at radius 3 is 2.55 bits per heavy atom. The summed E-state index contributed by atoms with van der Waals surface area (Å²) in [4.78, 5) is 27.8. The van der Waals surface area contributed by atoms with Crippen LogP contribution in [0.15, 0.2) is 34.9 Å². The predicted octanol–water partition coefficient (Wildman–Crippen LogP) is 6.00. The molecule has 5 rings (SSSR count). The fraction of sp³-hybridized carbons (Fsp3) is 0.645. The Morgan fingerprint density at radius 2 is 1.89 bits per heavy atom. The molecule has 2 aliphatic carbocycles. The largest absolute Gasteiger partial charge is 0.447 e. The van der Waals surface area contributed by atoms with Crippen molar-refractivity contribution in [3.05, 3.63) is 52.9 Å². The minimum absolute atomic E-state index is 0.00153. The molecule has 2 saturated carbocycles. The number of carbonyl (C=O) groups excluding carboxylic acids is 2. The molecule has 206 valence electrons. The van der Waals surface area contributed by atoms with Crippen LogP contribution in [0, 0.1) is 17.3 Å². The van der Waals surface area contributed by atoms with E-state index < -0.39 is 12.0 Å². The van der Waals surface area contributed by atoms with Crippen molar-refractivity contribution in [2.24, 2.45) is 17.3 Å². The number of rotatable bonds is 11. The van der Waals surface area contributed by atoms with Crippen LogP contribution < -0.4 is 0 Å². The number of hydrogen-bond acceptors (Lipinski definition) is 6. The van der Waals surface area contributed by atoms with Crippen molar-refractivity contribution in [1.29, 1.82) is 0 Å². The molecule has 1 aromatic heterocycles. The smallest absolute Gasteiger partial charge is 0.416 e. The van der Waals surface area contributed by atoms with Crippen LogP contribution in [0.2, 0.25) is 0 Å². The second-order valence-electron chi connectivity index (χ2n) is 12.9. The van der Waals surface area contributed by atoms with E-state index in [-0.39, 0.29) is 25.2 Å². The first kappa shape index (κ1) is 26.9. The van der Waals surface area contributed by atoms with Crippen molar-refractivity contribution < 1.29 is 24.0 Å². The summed E-state index contributed by atoms with van der Waals surface area (Å²) in [6.45, 7) is 7.09. The highest BCUT2D eigenvalue weighted by molar-refractivity contribution is 5.95. The van der Waals surface area contributed by atoms with E-state index in [1.54, 1.807) is 0 Å². The molecule has 2 aromatic rings. The van der Waals surface area contributed by atoms with Gasteiger partial charge in [0.25, 0.3) is 0 Å². The van der Waals surface area contributed by atoms with Gasteiger partial charge in [-0.05, 0) is 74.2 Å². The standard InChI is InChI=1S/C31H42N2O5/c1-31(2,3)18-21-14-24(15-21)28-27(22-11-12-22)26(32-38-28)17-23(10-7-13-34)29(35)33-25(19-37-30(33)36)16-20-8-5-4-6-9-20/h4-6,8-9,21-25,34H,7,10-19H2,1-3H3. The van der Waals surface area contributed by atoms with Crippen LogP contribution in [0.3, 0.4) is 0 Å². The number of aliphatic hydroxyl groups excluding tert-OH is 1. The highest BCUT2D eigenvalue weighted by Gasteiger charge is 2.44.